The maximum Gasteiger partial charge on any atom is 0.321 e. The van der Waals surface area contributed by atoms with Crippen molar-refractivity contribution in [3.63, 3.8) is 0 Å². The number of urea groups is 1. The molecule has 4 nitrogen and oxygen atoms in total. The summed E-state index contributed by atoms with van der Waals surface area (Å²) in [4.78, 5) is 18.3. The number of carbonyl (C=O) groups is 1. The van der Waals surface area contributed by atoms with Crippen molar-refractivity contribution in [1.82, 2.24) is 9.88 Å². The van der Waals surface area contributed by atoms with E-state index in [1.54, 1.807) is 0 Å². The molecule has 2 heterocycles. The van der Waals surface area contributed by atoms with E-state index in [-0.39, 0.29) is 6.03 Å². The molecule has 1 saturated heterocycles. The lowest BCUT2D eigenvalue weighted by Crippen LogP contribution is -2.40. The Hall–Kier alpha value is -2.07. The number of pyridine rings is 1. The monoisotopic (exact) mass is 329 g/mol. The summed E-state index contributed by atoms with van der Waals surface area (Å²) in [5.74, 6) is 0.504. The summed E-state index contributed by atoms with van der Waals surface area (Å²) in [6, 6.07) is 9.68. The highest BCUT2D eigenvalue weighted by molar-refractivity contribution is 6.33. The minimum Gasteiger partial charge on any atom is -0.324 e. The molecule has 23 heavy (non-hydrogen) atoms. The summed E-state index contributed by atoms with van der Waals surface area (Å²) in [7, 11) is 0. The van der Waals surface area contributed by atoms with Crippen LogP contribution in [-0.4, -0.2) is 29.0 Å². The maximum absolute atomic E-state index is 12.4. The van der Waals surface area contributed by atoms with Crippen molar-refractivity contribution in [2.45, 2.75) is 25.7 Å². The number of benzene rings is 1. The van der Waals surface area contributed by atoms with Crippen LogP contribution >= 0.6 is 11.6 Å². The molecule has 0 aliphatic carbocycles. The molecule has 2 aromatic rings. The standard InChI is InChI=1S/C18H20ClN3O/c1-13-2-3-16(19)17(12-13)21-18(23)22-10-6-15(7-11-22)14-4-8-20-9-5-14/h2-5,8-9,12,15H,6-7,10-11H2,1H3,(H,21,23). The molecule has 0 spiro atoms. The van der Waals surface area contributed by atoms with Gasteiger partial charge in [-0.15, -0.1) is 0 Å². The lowest BCUT2D eigenvalue weighted by Gasteiger charge is -2.32. The molecule has 1 aromatic carbocycles. The zero-order chi connectivity index (χ0) is 16.2. The number of anilines is 1. The number of nitrogens with zero attached hydrogens (tertiary/aromatic N) is 2. The van der Waals surface area contributed by atoms with E-state index in [0.29, 0.717) is 16.6 Å². The quantitative estimate of drug-likeness (QED) is 0.884. The summed E-state index contributed by atoms with van der Waals surface area (Å²) < 4.78 is 0. The van der Waals surface area contributed by atoms with Gasteiger partial charge in [0.1, 0.15) is 0 Å². The van der Waals surface area contributed by atoms with Crippen molar-refractivity contribution in [2.75, 3.05) is 18.4 Å². The van der Waals surface area contributed by atoms with Crippen molar-refractivity contribution in [3.05, 3.63) is 58.9 Å². The first-order valence-corrected chi connectivity index (χ1v) is 8.23. The van der Waals surface area contributed by atoms with Crippen LogP contribution in [0.15, 0.2) is 42.7 Å². The highest BCUT2D eigenvalue weighted by Crippen LogP contribution is 2.28. The van der Waals surface area contributed by atoms with Crippen LogP contribution in [-0.2, 0) is 0 Å². The van der Waals surface area contributed by atoms with Gasteiger partial charge in [0.2, 0.25) is 0 Å². The number of carbonyl (C=O) groups excluding carboxylic acids is 1. The Morgan fingerprint density at radius 3 is 2.61 bits per heavy atom. The molecule has 3 rings (SSSR count). The highest BCUT2D eigenvalue weighted by Gasteiger charge is 2.24. The molecule has 2 amide bonds. The number of nitrogens with one attached hydrogen (secondary N) is 1. The van der Waals surface area contributed by atoms with Crippen LogP contribution in [0.4, 0.5) is 10.5 Å². The van der Waals surface area contributed by atoms with Gasteiger partial charge in [0, 0.05) is 25.5 Å². The Bertz CT molecular complexity index is 682. The fourth-order valence-corrected chi connectivity index (χ4v) is 3.15. The highest BCUT2D eigenvalue weighted by atomic mass is 35.5. The van der Waals surface area contributed by atoms with Crippen molar-refractivity contribution >= 4 is 23.3 Å². The van der Waals surface area contributed by atoms with Gasteiger partial charge in [0.05, 0.1) is 10.7 Å². The minimum absolute atomic E-state index is 0.0781. The van der Waals surface area contributed by atoms with E-state index in [9.17, 15) is 4.79 Å². The lowest BCUT2D eigenvalue weighted by atomic mass is 9.90. The summed E-state index contributed by atoms with van der Waals surface area (Å²) >= 11 is 6.14. The zero-order valence-corrected chi connectivity index (χ0v) is 13.9. The van der Waals surface area contributed by atoms with Gasteiger partial charge in [-0.25, -0.2) is 4.79 Å². The average molecular weight is 330 g/mol. The fourth-order valence-electron chi connectivity index (χ4n) is 2.98. The zero-order valence-electron chi connectivity index (χ0n) is 13.1. The molecular weight excluding hydrogens is 310 g/mol. The predicted molar refractivity (Wildman–Crippen MR) is 93.0 cm³/mol. The van der Waals surface area contributed by atoms with E-state index < -0.39 is 0 Å². The van der Waals surface area contributed by atoms with Crippen molar-refractivity contribution in [2.24, 2.45) is 0 Å². The molecule has 0 saturated carbocycles. The van der Waals surface area contributed by atoms with E-state index in [1.165, 1.54) is 5.56 Å². The second kappa shape index (κ2) is 7.01. The third kappa shape index (κ3) is 3.82. The predicted octanol–water partition coefficient (Wildman–Crippen LogP) is 4.45. The maximum atomic E-state index is 12.4. The minimum atomic E-state index is -0.0781. The van der Waals surface area contributed by atoms with Crippen molar-refractivity contribution in [1.29, 1.82) is 0 Å². The number of rotatable bonds is 2. The van der Waals surface area contributed by atoms with E-state index in [2.05, 4.69) is 22.4 Å². The van der Waals surface area contributed by atoms with E-state index in [1.807, 2.05) is 42.4 Å². The normalized spacial score (nSPS) is 15.5. The second-order valence-corrected chi connectivity index (χ2v) is 6.36. The number of hydrogen-bond acceptors (Lipinski definition) is 2. The molecule has 1 aliphatic rings. The molecule has 1 fully saturated rings. The van der Waals surface area contributed by atoms with Crippen molar-refractivity contribution < 1.29 is 4.79 Å². The van der Waals surface area contributed by atoms with Crippen LogP contribution in [0.1, 0.15) is 29.9 Å². The van der Waals surface area contributed by atoms with Crippen LogP contribution in [0.25, 0.3) is 0 Å². The number of aryl methyl sites for hydroxylation is 1. The van der Waals surface area contributed by atoms with Gasteiger partial charge in [0.25, 0.3) is 0 Å². The average Bonchev–Trinajstić information content (AvgIpc) is 2.59. The Morgan fingerprint density at radius 2 is 1.91 bits per heavy atom. The molecule has 0 unspecified atom stereocenters. The molecule has 1 aromatic heterocycles. The summed E-state index contributed by atoms with van der Waals surface area (Å²) in [5.41, 5.74) is 3.05. The molecule has 0 atom stereocenters. The molecular formula is C18H20ClN3O. The Morgan fingerprint density at radius 1 is 1.22 bits per heavy atom. The second-order valence-electron chi connectivity index (χ2n) is 5.96. The number of amides is 2. The van der Waals surface area contributed by atoms with Crippen molar-refractivity contribution in [3.8, 4) is 0 Å². The molecule has 120 valence electrons. The van der Waals surface area contributed by atoms with E-state index in [4.69, 9.17) is 11.6 Å². The molecule has 0 radical (unpaired) electrons. The Labute approximate surface area is 141 Å². The molecule has 0 bridgehead atoms. The van der Waals surface area contributed by atoms with Crippen LogP contribution in [0.2, 0.25) is 5.02 Å². The summed E-state index contributed by atoms with van der Waals surface area (Å²) in [5, 5.41) is 3.49. The summed E-state index contributed by atoms with van der Waals surface area (Å²) in [6.45, 7) is 3.48. The fraction of sp³-hybridized carbons (Fsp3) is 0.333. The SMILES string of the molecule is Cc1ccc(Cl)c(NC(=O)N2CCC(c3ccncc3)CC2)c1. The van der Waals surface area contributed by atoms with Gasteiger partial charge >= 0.3 is 6.03 Å². The summed E-state index contributed by atoms with van der Waals surface area (Å²) in [6.07, 6.45) is 5.60. The first kappa shape index (κ1) is 15.8. The largest absolute Gasteiger partial charge is 0.324 e. The van der Waals surface area contributed by atoms with Gasteiger partial charge < -0.3 is 10.2 Å². The first-order chi connectivity index (χ1) is 11.1. The number of likely N-dealkylation sites (tertiary alicyclic amines) is 1. The smallest absolute Gasteiger partial charge is 0.321 e. The molecule has 5 heteroatoms. The third-order valence-electron chi connectivity index (χ3n) is 4.32. The Kier molecular flexibility index (Phi) is 4.82. The van der Waals surface area contributed by atoms with Crippen LogP contribution in [0.3, 0.4) is 0 Å². The first-order valence-electron chi connectivity index (χ1n) is 7.85. The number of hydrogen-bond donors (Lipinski definition) is 1. The van der Waals surface area contributed by atoms with Gasteiger partial charge in [-0.2, -0.15) is 0 Å². The number of aromatic nitrogens is 1. The van der Waals surface area contributed by atoms with E-state index in [0.717, 1.165) is 31.5 Å². The topological polar surface area (TPSA) is 45.2 Å². The number of piperidine rings is 1. The lowest BCUT2D eigenvalue weighted by molar-refractivity contribution is 0.194. The van der Waals surface area contributed by atoms with Gasteiger partial charge in [0.15, 0.2) is 0 Å². The van der Waals surface area contributed by atoms with Gasteiger partial charge in [-0.1, -0.05) is 17.7 Å². The third-order valence-corrected chi connectivity index (χ3v) is 4.65. The number of halogens is 1. The molecule has 1 N–H and O–H groups in total. The Balaban J connectivity index is 1.59. The van der Waals surface area contributed by atoms with Crippen LogP contribution in [0, 0.1) is 6.92 Å². The van der Waals surface area contributed by atoms with E-state index >= 15 is 0 Å². The van der Waals surface area contributed by atoms with Gasteiger partial charge in [-0.3, -0.25) is 4.98 Å². The van der Waals surface area contributed by atoms with Gasteiger partial charge in [-0.05, 0) is 61.1 Å². The van der Waals surface area contributed by atoms with Crippen LogP contribution < -0.4 is 5.32 Å². The van der Waals surface area contributed by atoms with Crippen LogP contribution in [0.5, 0.6) is 0 Å². The molecule has 1 aliphatic heterocycles.